The number of thioether (sulfide) groups is 1. The van der Waals surface area contributed by atoms with Gasteiger partial charge in [-0.3, -0.25) is 9.69 Å². The van der Waals surface area contributed by atoms with E-state index in [-0.39, 0.29) is 11.9 Å². The van der Waals surface area contributed by atoms with Crippen LogP contribution in [0.4, 0.5) is 5.69 Å². The number of hydrogen-bond donors (Lipinski definition) is 0. The first kappa shape index (κ1) is 24.9. The lowest BCUT2D eigenvalue weighted by Gasteiger charge is -2.35. The largest absolute Gasteiger partial charge is 0.489 e. The number of benzene rings is 3. The van der Waals surface area contributed by atoms with E-state index in [1.54, 1.807) is 6.07 Å². The number of amidine groups is 1. The number of nitrogens with zero attached hydrogens (tertiary/aromatic N) is 3. The summed E-state index contributed by atoms with van der Waals surface area (Å²) in [4.78, 5) is 21.1. The molecule has 2 atom stereocenters. The fraction of sp³-hybridized carbons (Fsp3) is 0.258. The molecule has 5 rings (SSSR count). The quantitative estimate of drug-likeness (QED) is 0.328. The van der Waals surface area contributed by atoms with Crippen molar-refractivity contribution in [2.45, 2.75) is 45.3 Å². The zero-order chi connectivity index (χ0) is 25.6. The highest BCUT2D eigenvalue weighted by Crippen LogP contribution is 2.40. The Morgan fingerprint density at radius 1 is 1.03 bits per heavy atom. The summed E-state index contributed by atoms with van der Waals surface area (Å²) in [6.45, 7) is 2.57. The first-order valence-corrected chi connectivity index (χ1v) is 13.5. The molecule has 2 fully saturated rings. The van der Waals surface area contributed by atoms with Crippen LogP contribution >= 0.6 is 11.8 Å². The predicted octanol–water partition coefficient (Wildman–Crippen LogP) is 7.32. The molecule has 2 aliphatic rings. The molecule has 6 heteroatoms. The highest BCUT2D eigenvalue weighted by atomic mass is 32.2. The molecule has 37 heavy (non-hydrogen) atoms. The summed E-state index contributed by atoms with van der Waals surface area (Å²) in [5, 5.41) is 10.0. The lowest BCUT2D eigenvalue weighted by Crippen LogP contribution is -2.44. The highest BCUT2D eigenvalue weighted by Gasteiger charge is 2.41. The smallest absolute Gasteiger partial charge is 0.267 e. The Kier molecular flexibility index (Phi) is 7.72. The van der Waals surface area contributed by atoms with Crippen LogP contribution in [0.5, 0.6) is 5.75 Å². The van der Waals surface area contributed by atoms with E-state index in [0.29, 0.717) is 28.7 Å². The second-order valence-corrected chi connectivity index (χ2v) is 10.5. The van der Waals surface area contributed by atoms with Gasteiger partial charge in [0.1, 0.15) is 12.4 Å². The van der Waals surface area contributed by atoms with E-state index < -0.39 is 0 Å². The summed E-state index contributed by atoms with van der Waals surface area (Å²) in [7, 11) is 0. The Balaban J connectivity index is 1.35. The van der Waals surface area contributed by atoms with Crippen molar-refractivity contribution >= 4 is 34.6 Å². The summed E-state index contributed by atoms with van der Waals surface area (Å²) in [5.74, 6) is 1.19. The molecule has 0 spiro atoms. The number of nitriles is 1. The minimum atomic E-state index is 0.0341. The molecular weight excluding hydrogens is 478 g/mol. The average molecular weight is 508 g/mol. The molecule has 1 amide bonds. The molecule has 0 unspecified atom stereocenters. The molecular formula is C31H29N3O2S. The minimum Gasteiger partial charge on any atom is -0.489 e. The van der Waals surface area contributed by atoms with E-state index in [1.165, 1.54) is 18.2 Å². The van der Waals surface area contributed by atoms with Crippen LogP contribution in [0.3, 0.4) is 0 Å². The number of aliphatic imine (C=N–C) groups is 1. The zero-order valence-electron chi connectivity index (χ0n) is 20.8. The molecule has 1 heterocycles. The van der Waals surface area contributed by atoms with Crippen molar-refractivity contribution in [3.8, 4) is 11.8 Å². The molecule has 1 aliphatic heterocycles. The van der Waals surface area contributed by atoms with Gasteiger partial charge in [0.25, 0.3) is 5.91 Å². The Morgan fingerprint density at radius 2 is 1.76 bits per heavy atom. The number of hydrogen-bond acceptors (Lipinski definition) is 5. The van der Waals surface area contributed by atoms with Crippen LogP contribution in [-0.2, 0) is 11.4 Å². The van der Waals surface area contributed by atoms with Gasteiger partial charge >= 0.3 is 0 Å². The topological polar surface area (TPSA) is 65.7 Å². The number of amides is 1. The van der Waals surface area contributed by atoms with E-state index in [4.69, 9.17) is 9.73 Å². The zero-order valence-corrected chi connectivity index (χ0v) is 21.7. The van der Waals surface area contributed by atoms with Crippen molar-refractivity contribution in [3.05, 3.63) is 100 Å². The van der Waals surface area contributed by atoms with Crippen LogP contribution in [-0.4, -0.2) is 22.0 Å². The standard InChI is InChI=1S/C31H29N3O2S/c1-22-9-5-8-14-28(22)34-30(35)29(37-31(34)33-26-12-3-2-4-13-26)19-23-15-17-27(18-16-23)36-21-25-11-7-6-10-24(25)20-32/h2-4,6-7,10-13,15-19,22,28H,5,8-9,14,21H2,1H3/b29-19-,33-31?/t22-,28-/m0/s1. The van der Waals surface area contributed by atoms with Crippen LogP contribution in [0, 0.1) is 17.2 Å². The van der Waals surface area contributed by atoms with Gasteiger partial charge in [-0.2, -0.15) is 5.26 Å². The van der Waals surface area contributed by atoms with Gasteiger partial charge in [0.2, 0.25) is 0 Å². The first-order chi connectivity index (χ1) is 18.1. The highest BCUT2D eigenvalue weighted by molar-refractivity contribution is 8.18. The van der Waals surface area contributed by atoms with Crippen molar-refractivity contribution in [3.63, 3.8) is 0 Å². The van der Waals surface area contributed by atoms with Crippen molar-refractivity contribution in [1.29, 1.82) is 5.26 Å². The van der Waals surface area contributed by atoms with E-state index >= 15 is 0 Å². The molecule has 3 aromatic carbocycles. The van der Waals surface area contributed by atoms with E-state index in [1.807, 2.05) is 83.8 Å². The van der Waals surface area contributed by atoms with Gasteiger partial charge in [0.05, 0.1) is 22.2 Å². The summed E-state index contributed by atoms with van der Waals surface area (Å²) < 4.78 is 5.90. The molecule has 0 N–H and O–H groups in total. The van der Waals surface area contributed by atoms with Gasteiger partial charge in [-0.15, -0.1) is 0 Å². The van der Waals surface area contributed by atoms with Crippen LogP contribution in [0.2, 0.25) is 0 Å². The number of para-hydroxylation sites is 1. The summed E-state index contributed by atoms with van der Waals surface area (Å²) in [6, 6.07) is 27.3. The van der Waals surface area contributed by atoms with Gasteiger partial charge in [0.15, 0.2) is 5.17 Å². The maximum Gasteiger partial charge on any atom is 0.267 e. The summed E-state index contributed by atoms with van der Waals surface area (Å²) >= 11 is 1.45. The maximum absolute atomic E-state index is 13.6. The van der Waals surface area contributed by atoms with Crippen LogP contribution in [0.25, 0.3) is 6.08 Å². The van der Waals surface area contributed by atoms with Gasteiger partial charge in [-0.25, -0.2) is 4.99 Å². The third-order valence-electron chi connectivity index (χ3n) is 6.93. The first-order valence-electron chi connectivity index (χ1n) is 12.7. The Hall–Kier alpha value is -3.82. The lowest BCUT2D eigenvalue weighted by molar-refractivity contribution is -0.124. The normalized spacial score (nSPS) is 21.8. The second-order valence-electron chi connectivity index (χ2n) is 9.47. The fourth-order valence-electron chi connectivity index (χ4n) is 4.88. The maximum atomic E-state index is 13.6. The number of carbonyl (C=O) groups excluding carboxylic acids is 1. The van der Waals surface area contributed by atoms with Crippen molar-refractivity contribution < 1.29 is 9.53 Å². The van der Waals surface area contributed by atoms with Crippen molar-refractivity contribution in [2.75, 3.05) is 0 Å². The minimum absolute atomic E-state index is 0.0341. The third kappa shape index (κ3) is 5.79. The molecule has 3 aromatic rings. The van der Waals surface area contributed by atoms with Gasteiger partial charge < -0.3 is 4.74 Å². The van der Waals surface area contributed by atoms with E-state index in [2.05, 4.69) is 13.0 Å². The molecule has 0 bridgehead atoms. The van der Waals surface area contributed by atoms with E-state index in [0.717, 1.165) is 41.2 Å². The summed E-state index contributed by atoms with van der Waals surface area (Å²) in [5.41, 5.74) is 3.25. The lowest BCUT2D eigenvalue weighted by atomic mass is 9.85. The van der Waals surface area contributed by atoms with E-state index in [9.17, 15) is 10.1 Å². The Morgan fingerprint density at radius 3 is 2.51 bits per heavy atom. The molecule has 0 radical (unpaired) electrons. The number of carbonyl (C=O) groups is 1. The molecule has 5 nitrogen and oxygen atoms in total. The third-order valence-corrected chi connectivity index (χ3v) is 7.91. The van der Waals surface area contributed by atoms with Gasteiger partial charge in [0, 0.05) is 11.6 Å². The molecule has 1 saturated heterocycles. The summed E-state index contributed by atoms with van der Waals surface area (Å²) in [6.07, 6.45) is 6.45. The van der Waals surface area contributed by atoms with Crippen LogP contribution in [0.1, 0.15) is 49.3 Å². The van der Waals surface area contributed by atoms with Gasteiger partial charge in [-0.1, -0.05) is 68.3 Å². The second kappa shape index (κ2) is 11.5. The number of rotatable bonds is 6. The Bertz CT molecular complexity index is 1360. The fourth-order valence-corrected chi connectivity index (χ4v) is 5.92. The SMILES string of the molecule is C[C@H]1CCCC[C@@H]1N1C(=O)/C(=C/c2ccc(OCc3ccccc3C#N)cc2)SC1=Nc1ccccc1. The van der Waals surface area contributed by atoms with Crippen LogP contribution < -0.4 is 4.74 Å². The predicted molar refractivity (Wildman–Crippen MR) is 149 cm³/mol. The van der Waals surface area contributed by atoms with Crippen molar-refractivity contribution in [1.82, 2.24) is 4.90 Å². The van der Waals surface area contributed by atoms with Crippen LogP contribution in [0.15, 0.2) is 88.8 Å². The Labute approximate surface area is 222 Å². The number of ether oxygens (including phenoxy) is 1. The molecule has 1 aliphatic carbocycles. The molecule has 186 valence electrons. The van der Waals surface area contributed by atoms with Gasteiger partial charge in [-0.05, 0) is 72.5 Å². The monoisotopic (exact) mass is 507 g/mol. The molecule has 1 saturated carbocycles. The van der Waals surface area contributed by atoms with Crippen molar-refractivity contribution in [2.24, 2.45) is 10.9 Å². The average Bonchev–Trinajstić information content (AvgIpc) is 3.23. The molecule has 0 aromatic heterocycles.